The Labute approximate surface area is 158 Å². The Morgan fingerprint density at radius 1 is 0.926 bits per heavy atom. The number of imide groups is 1. The van der Waals surface area contributed by atoms with Gasteiger partial charge < -0.3 is 5.32 Å². The van der Waals surface area contributed by atoms with Gasteiger partial charge in [-0.3, -0.25) is 24.0 Å². The van der Waals surface area contributed by atoms with Gasteiger partial charge in [0.05, 0.1) is 11.1 Å². The van der Waals surface area contributed by atoms with Crippen molar-refractivity contribution in [1.29, 1.82) is 0 Å². The highest BCUT2D eigenvalue weighted by atomic mass is 16.2. The molecule has 0 aliphatic carbocycles. The van der Waals surface area contributed by atoms with E-state index in [1.807, 2.05) is 16.9 Å². The van der Waals surface area contributed by atoms with E-state index >= 15 is 0 Å². The van der Waals surface area contributed by atoms with Crippen LogP contribution in [0.3, 0.4) is 0 Å². The second-order valence-electron chi connectivity index (χ2n) is 6.59. The first-order valence-electron chi connectivity index (χ1n) is 9.36. The zero-order chi connectivity index (χ0) is 19.1. The molecule has 1 N–H and O–H groups in total. The van der Waals surface area contributed by atoms with E-state index in [9.17, 15) is 14.4 Å². The van der Waals surface area contributed by atoms with Crippen molar-refractivity contribution in [2.75, 3.05) is 13.1 Å². The fourth-order valence-corrected chi connectivity index (χ4v) is 3.16. The fraction of sp³-hybridized carbons (Fsp3) is 0.400. The van der Waals surface area contributed by atoms with Gasteiger partial charge in [0, 0.05) is 38.4 Å². The van der Waals surface area contributed by atoms with E-state index in [1.54, 1.807) is 30.5 Å². The molecule has 0 saturated heterocycles. The van der Waals surface area contributed by atoms with E-state index in [2.05, 4.69) is 10.4 Å². The maximum Gasteiger partial charge on any atom is 0.261 e. The highest BCUT2D eigenvalue weighted by Crippen LogP contribution is 2.22. The molecule has 0 spiro atoms. The summed E-state index contributed by atoms with van der Waals surface area (Å²) in [7, 11) is 0. The van der Waals surface area contributed by atoms with Crippen molar-refractivity contribution in [2.45, 2.75) is 38.6 Å². The summed E-state index contributed by atoms with van der Waals surface area (Å²) in [6.45, 7) is 1.82. The van der Waals surface area contributed by atoms with Crippen LogP contribution in [0, 0.1) is 0 Å². The molecular formula is C20H24N4O3. The average molecular weight is 368 g/mol. The molecule has 0 bridgehead atoms. The summed E-state index contributed by atoms with van der Waals surface area (Å²) >= 11 is 0. The summed E-state index contributed by atoms with van der Waals surface area (Å²) in [5, 5.41) is 7.02. The fourth-order valence-electron chi connectivity index (χ4n) is 3.16. The van der Waals surface area contributed by atoms with Crippen LogP contribution >= 0.6 is 0 Å². The number of nitrogens with one attached hydrogen (secondary N) is 1. The van der Waals surface area contributed by atoms with Gasteiger partial charge in [-0.25, -0.2) is 0 Å². The topological polar surface area (TPSA) is 84.3 Å². The molecule has 142 valence electrons. The van der Waals surface area contributed by atoms with Crippen molar-refractivity contribution >= 4 is 17.7 Å². The number of carbonyl (C=O) groups is 3. The molecule has 7 nitrogen and oxygen atoms in total. The molecule has 1 aromatic heterocycles. The quantitative estimate of drug-likeness (QED) is 0.515. The minimum Gasteiger partial charge on any atom is -0.356 e. The van der Waals surface area contributed by atoms with Gasteiger partial charge in [-0.2, -0.15) is 5.10 Å². The van der Waals surface area contributed by atoms with Gasteiger partial charge in [0.1, 0.15) is 0 Å². The second kappa shape index (κ2) is 9.12. The average Bonchev–Trinajstić information content (AvgIpc) is 3.28. The smallest absolute Gasteiger partial charge is 0.261 e. The predicted octanol–water partition coefficient (Wildman–Crippen LogP) is 2.25. The number of amides is 3. The highest BCUT2D eigenvalue weighted by molar-refractivity contribution is 6.21. The Bertz CT molecular complexity index is 766. The minimum absolute atomic E-state index is 0.0381. The monoisotopic (exact) mass is 368 g/mol. The lowest BCUT2D eigenvalue weighted by atomic mass is 10.1. The third kappa shape index (κ3) is 4.81. The van der Waals surface area contributed by atoms with E-state index in [0.717, 1.165) is 25.8 Å². The lowest BCUT2D eigenvalue weighted by Crippen LogP contribution is -2.30. The summed E-state index contributed by atoms with van der Waals surface area (Å²) < 4.78 is 1.84. The van der Waals surface area contributed by atoms with Crippen LogP contribution in [-0.4, -0.2) is 45.5 Å². The normalized spacial score (nSPS) is 13.1. The number of aromatic nitrogens is 2. The van der Waals surface area contributed by atoms with Crippen LogP contribution in [0.15, 0.2) is 42.7 Å². The van der Waals surface area contributed by atoms with Gasteiger partial charge in [-0.05, 0) is 37.5 Å². The van der Waals surface area contributed by atoms with E-state index in [-0.39, 0.29) is 17.7 Å². The molecule has 1 aromatic carbocycles. The van der Waals surface area contributed by atoms with Crippen LogP contribution in [0.1, 0.15) is 52.8 Å². The Balaban J connectivity index is 1.27. The molecule has 1 aliphatic rings. The molecule has 27 heavy (non-hydrogen) atoms. The Kier molecular flexibility index (Phi) is 6.35. The maximum atomic E-state index is 12.2. The van der Waals surface area contributed by atoms with Gasteiger partial charge in [0.15, 0.2) is 0 Å². The maximum absolute atomic E-state index is 12.2. The van der Waals surface area contributed by atoms with Gasteiger partial charge in [-0.15, -0.1) is 0 Å². The van der Waals surface area contributed by atoms with Crippen LogP contribution in [0.4, 0.5) is 0 Å². The summed E-state index contributed by atoms with van der Waals surface area (Å²) in [6, 6.07) is 8.78. The van der Waals surface area contributed by atoms with Crippen molar-refractivity contribution < 1.29 is 14.4 Å². The molecule has 3 amide bonds. The summed E-state index contributed by atoms with van der Waals surface area (Å²) in [5.74, 6) is -0.396. The SMILES string of the molecule is O=C(CCCCCN1C(=O)c2ccccc2C1=O)NCCCn1cccn1. The zero-order valence-electron chi connectivity index (χ0n) is 15.3. The Morgan fingerprint density at radius 2 is 1.67 bits per heavy atom. The lowest BCUT2D eigenvalue weighted by molar-refractivity contribution is -0.121. The van der Waals surface area contributed by atoms with Crippen LogP contribution in [0.25, 0.3) is 0 Å². The predicted molar refractivity (Wildman–Crippen MR) is 100 cm³/mol. The first-order chi connectivity index (χ1) is 13.2. The van der Waals surface area contributed by atoms with E-state index in [1.165, 1.54) is 4.90 Å². The molecule has 7 heteroatoms. The number of hydrogen-bond acceptors (Lipinski definition) is 4. The number of nitrogens with zero attached hydrogens (tertiary/aromatic N) is 3. The van der Waals surface area contributed by atoms with Crippen molar-refractivity contribution in [2.24, 2.45) is 0 Å². The summed E-state index contributed by atoms with van der Waals surface area (Å²) in [4.78, 5) is 37.6. The largest absolute Gasteiger partial charge is 0.356 e. The van der Waals surface area contributed by atoms with Crippen molar-refractivity contribution in [3.63, 3.8) is 0 Å². The number of rotatable bonds is 10. The van der Waals surface area contributed by atoms with E-state index < -0.39 is 0 Å². The van der Waals surface area contributed by atoms with Gasteiger partial charge in [-0.1, -0.05) is 18.6 Å². The number of aryl methyl sites for hydroxylation is 1. The molecule has 3 rings (SSSR count). The Hall–Kier alpha value is -2.96. The first kappa shape index (κ1) is 18.8. The molecular weight excluding hydrogens is 344 g/mol. The van der Waals surface area contributed by atoms with Gasteiger partial charge >= 0.3 is 0 Å². The molecule has 0 unspecified atom stereocenters. The number of carbonyl (C=O) groups excluding carboxylic acids is 3. The van der Waals surface area contributed by atoms with Gasteiger partial charge in [0.2, 0.25) is 5.91 Å². The van der Waals surface area contributed by atoms with Crippen LogP contribution < -0.4 is 5.32 Å². The van der Waals surface area contributed by atoms with Crippen molar-refractivity contribution in [3.05, 3.63) is 53.9 Å². The van der Waals surface area contributed by atoms with E-state index in [4.69, 9.17) is 0 Å². The zero-order valence-corrected chi connectivity index (χ0v) is 15.3. The summed E-state index contributed by atoms with van der Waals surface area (Å²) in [6.07, 6.45) is 7.19. The molecule has 0 saturated carbocycles. The summed E-state index contributed by atoms with van der Waals surface area (Å²) in [5.41, 5.74) is 0.967. The lowest BCUT2D eigenvalue weighted by Gasteiger charge is -2.13. The molecule has 2 heterocycles. The number of benzene rings is 1. The minimum atomic E-state index is -0.217. The number of unbranched alkanes of at least 4 members (excludes halogenated alkanes) is 2. The van der Waals surface area contributed by atoms with Crippen LogP contribution in [-0.2, 0) is 11.3 Å². The van der Waals surface area contributed by atoms with Crippen LogP contribution in [0.2, 0.25) is 0 Å². The molecule has 1 aliphatic heterocycles. The van der Waals surface area contributed by atoms with Gasteiger partial charge in [0.25, 0.3) is 11.8 Å². The Morgan fingerprint density at radius 3 is 2.33 bits per heavy atom. The van der Waals surface area contributed by atoms with Crippen molar-refractivity contribution in [1.82, 2.24) is 20.0 Å². The second-order valence-corrected chi connectivity index (χ2v) is 6.59. The molecule has 0 atom stereocenters. The third-order valence-corrected chi connectivity index (χ3v) is 4.61. The standard InChI is InChI=1S/C20H24N4O3/c25-18(21-11-6-13-23-14-7-12-22-23)10-2-1-5-15-24-19(26)16-8-3-4-9-17(16)20(24)27/h3-4,7-9,12,14H,1-2,5-6,10-11,13,15H2,(H,21,25). The number of hydrogen-bond donors (Lipinski definition) is 1. The molecule has 0 radical (unpaired) electrons. The number of fused-ring (bicyclic) bond motifs is 1. The first-order valence-corrected chi connectivity index (χ1v) is 9.36. The van der Waals surface area contributed by atoms with E-state index in [0.29, 0.717) is 37.1 Å². The van der Waals surface area contributed by atoms with Crippen LogP contribution in [0.5, 0.6) is 0 Å². The highest BCUT2D eigenvalue weighted by Gasteiger charge is 2.34. The third-order valence-electron chi connectivity index (χ3n) is 4.61. The van der Waals surface area contributed by atoms with Crippen molar-refractivity contribution in [3.8, 4) is 0 Å². The molecule has 0 fully saturated rings. The molecule has 2 aromatic rings.